The number of aromatic amines is 1. The molecule has 3 rings (SSSR count). The zero-order chi connectivity index (χ0) is 11.1. The fourth-order valence-corrected chi connectivity index (χ4v) is 2.90. The summed E-state index contributed by atoms with van der Waals surface area (Å²) in [5, 5.41) is 3.71. The summed E-state index contributed by atoms with van der Waals surface area (Å²) in [7, 11) is 0. The van der Waals surface area contributed by atoms with Crippen molar-refractivity contribution in [1.82, 2.24) is 9.97 Å². The fraction of sp³-hybridized carbons (Fsp3) is 0. The lowest BCUT2D eigenvalue weighted by Gasteiger charge is -1.97. The van der Waals surface area contributed by atoms with Crippen LogP contribution in [0.5, 0.6) is 0 Å². The quantitative estimate of drug-likeness (QED) is 0.720. The number of benzene rings is 1. The minimum atomic E-state index is 0.594. The number of hydrogen-bond acceptors (Lipinski definition) is 3. The molecule has 3 N–H and O–H groups in total. The molecule has 16 heavy (non-hydrogen) atoms. The van der Waals surface area contributed by atoms with Gasteiger partial charge in [-0.15, -0.1) is 11.3 Å². The van der Waals surface area contributed by atoms with Gasteiger partial charge in [0.1, 0.15) is 0 Å². The standard InChI is InChI=1S/C11H8BrN3S/c12-7-2-1-3-8-10(7)6(4-14-8)9-5-16-11(13)15-9/h1-5,14H,(H2,13,15). The minimum Gasteiger partial charge on any atom is -0.375 e. The highest BCUT2D eigenvalue weighted by atomic mass is 79.9. The number of halogens is 1. The molecule has 0 aliphatic rings. The number of fused-ring (bicyclic) bond motifs is 1. The molecule has 5 heteroatoms. The Morgan fingerprint density at radius 2 is 2.25 bits per heavy atom. The molecule has 2 aromatic heterocycles. The number of rotatable bonds is 1. The third-order valence-corrected chi connectivity index (χ3v) is 3.79. The van der Waals surface area contributed by atoms with Crippen LogP contribution in [0.15, 0.2) is 34.2 Å². The zero-order valence-electron chi connectivity index (χ0n) is 8.20. The minimum absolute atomic E-state index is 0.594. The molecule has 0 amide bonds. The molecular formula is C11H8BrN3S. The van der Waals surface area contributed by atoms with Gasteiger partial charge in [-0.25, -0.2) is 4.98 Å². The number of anilines is 1. The van der Waals surface area contributed by atoms with Crippen LogP contribution in [0.4, 0.5) is 5.13 Å². The number of hydrogen-bond donors (Lipinski definition) is 2. The van der Waals surface area contributed by atoms with Gasteiger partial charge >= 0.3 is 0 Å². The van der Waals surface area contributed by atoms with Gasteiger partial charge in [0.05, 0.1) is 5.69 Å². The van der Waals surface area contributed by atoms with Crippen LogP contribution < -0.4 is 5.73 Å². The van der Waals surface area contributed by atoms with Gasteiger partial charge in [0, 0.05) is 32.5 Å². The Morgan fingerprint density at radius 1 is 1.38 bits per heavy atom. The van der Waals surface area contributed by atoms with Gasteiger partial charge < -0.3 is 10.7 Å². The molecule has 0 bridgehead atoms. The molecule has 0 aliphatic carbocycles. The molecule has 0 radical (unpaired) electrons. The molecule has 0 spiro atoms. The van der Waals surface area contributed by atoms with Crippen LogP contribution in [0.3, 0.4) is 0 Å². The van der Waals surface area contributed by atoms with Crippen molar-refractivity contribution in [3.63, 3.8) is 0 Å². The van der Waals surface area contributed by atoms with Crippen molar-refractivity contribution in [2.75, 3.05) is 5.73 Å². The van der Waals surface area contributed by atoms with E-state index in [0.717, 1.165) is 26.6 Å². The largest absolute Gasteiger partial charge is 0.375 e. The lowest BCUT2D eigenvalue weighted by molar-refractivity contribution is 1.41. The maximum Gasteiger partial charge on any atom is 0.180 e. The molecule has 0 unspecified atom stereocenters. The fourth-order valence-electron chi connectivity index (χ4n) is 1.75. The maximum atomic E-state index is 5.65. The Morgan fingerprint density at radius 3 is 3.00 bits per heavy atom. The van der Waals surface area contributed by atoms with Crippen LogP contribution >= 0.6 is 27.3 Å². The summed E-state index contributed by atoms with van der Waals surface area (Å²) >= 11 is 5.01. The van der Waals surface area contributed by atoms with Crippen molar-refractivity contribution in [3.8, 4) is 11.3 Å². The zero-order valence-corrected chi connectivity index (χ0v) is 10.6. The Balaban J connectivity index is 2.32. The first kappa shape index (κ1) is 9.86. The van der Waals surface area contributed by atoms with Crippen molar-refractivity contribution in [2.24, 2.45) is 0 Å². The molecule has 2 heterocycles. The van der Waals surface area contributed by atoms with E-state index in [1.807, 2.05) is 29.8 Å². The van der Waals surface area contributed by atoms with Gasteiger partial charge in [-0.1, -0.05) is 22.0 Å². The highest BCUT2D eigenvalue weighted by molar-refractivity contribution is 9.10. The van der Waals surface area contributed by atoms with E-state index in [1.165, 1.54) is 11.3 Å². The monoisotopic (exact) mass is 293 g/mol. The second-order valence-electron chi connectivity index (χ2n) is 3.44. The van der Waals surface area contributed by atoms with Gasteiger partial charge in [-0.05, 0) is 12.1 Å². The average Bonchev–Trinajstić information content (AvgIpc) is 2.84. The van der Waals surface area contributed by atoms with Crippen molar-refractivity contribution in [1.29, 1.82) is 0 Å². The molecule has 0 atom stereocenters. The van der Waals surface area contributed by atoms with E-state index in [4.69, 9.17) is 5.73 Å². The summed E-state index contributed by atoms with van der Waals surface area (Å²) in [6.07, 6.45) is 1.96. The summed E-state index contributed by atoms with van der Waals surface area (Å²) in [5.41, 5.74) is 8.74. The summed E-state index contributed by atoms with van der Waals surface area (Å²) in [4.78, 5) is 7.53. The Labute approximate surface area is 104 Å². The molecule has 1 aromatic carbocycles. The third-order valence-electron chi connectivity index (χ3n) is 2.45. The summed E-state index contributed by atoms with van der Waals surface area (Å²) in [6, 6.07) is 6.07. The van der Waals surface area contributed by atoms with Gasteiger partial charge in [0.2, 0.25) is 0 Å². The van der Waals surface area contributed by atoms with E-state index in [-0.39, 0.29) is 0 Å². The molecule has 3 nitrogen and oxygen atoms in total. The Kier molecular flexibility index (Phi) is 2.22. The lowest BCUT2D eigenvalue weighted by Crippen LogP contribution is -1.82. The van der Waals surface area contributed by atoms with Gasteiger partial charge in [-0.3, -0.25) is 0 Å². The average molecular weight is 294 g/mol. The predicted octanol–water partition coefficient (Wildman–Crippen LogP) is 3.64. The molecule has 80 valence electrons. The highest BCUT2D eigenvalue weighted by Crippen LogP contribution is 2.34. The summed E-state index contributed by atoms with van der Waals surface area (Å²) < 4.78 is 1.06. The van der Waals surface area contributed by atoms with Crippen LogP contribution in [-0.2, 0) is 0 Å². The molecule has 0 fully saturated rings. The van der Waals surface area contributed by atoms with E-state index in [1.54, 1.807) is 0 Å². The first-order valence-electron chi connectivity index (χ1n) is 4.72. The molecule has 0 saturated heterocycles. The first-order valence-corrected chi connectivity index (χ1v) is 6.40. The number of nitrogens with one attached hydrogen (secondary N) is 1. The number of H-pyrrole nitrogens is 1. The second-order valence-corrected chi connectivity index (χ2v) is 5.18. The van der Waals surface area contributed by atoms with Gasteiger partial charge in [0.25, 0.3) is 0 Å². The van der Waals surface area contributed by atoms with Gasteiger partial charge in [0.15, 0.2) is 5.13 Å². The SMILES string of the molecule is Nc1nc(-c2c[nH]c3cccc(Br)c23)cs1. The third kappa shape index (κ3) is 1.44. The molecule has 3 aromatic rings. The van der Waals surface area contributed by atoms with Crippen LogP contribution in [0.1, 0.15) is 0 Å². The van der Waals surface area contributed by atoms with E-state index >= 15 is 0 Å². The van der Waals surface area contributed by atoms with E-state index in [9.17, 15) is 0 Å². The van der Waals surface area contributed by atoms with Crippen LogP contribution in [-0.4, -0.2) is 9.97 Å². The van der Waals surface area contributed by atoms with Crippen molar-refractivity contribution < 1.29 is 0 Å². The van der Waals surface area contributed by atoms with Crippen molar-refractivity contribution in [2.45, 2.75) is 0 Å². The van der Waals surface area contributed by atoms with Crippen LogP contribution in [0, 0.1) is 0 Å². The normalized spacial score (nSPS) is 11.1. The van der Waals surface area contributed by atoms with Crippen LogP contribution in [0.25, 0.3) is 22.2 Å². The number of nitrogens with two attached hydrogens (primary N) is 1. The molecule has 0 saturated carbocycles. The number of nitrogens with zero attached hydrogens (tertiary/aromatic N) is 1. The van der Waals surface area contributed by atoms with Crippen molar-refractivity contribution >= 4 is 43.3 Å². The van der Waals surface area contributed by atoms with Crippen molar-refractivity contribution in [3.05, 3.63) is 34.2 Å². The molecule has 0 aliphatic heterocycles. The van der Waals surface area contributed by atoms with Gasteiger partial charge in [-0.2, -0.15) is 0 Å². The Bertz CT molecular complexity index is 656. The number of nitrogen functional groups attached to an aromatic ring is 1. The smallest absolute Gasteiger partial charge is 0.180 e. The summed E-state index contributed by atoms with van der Waals surface area (Å²) in [6.45, 7) is 0. The predicted molar refractivity (Wildman–Crippen MR) is 71.5 cm³/mol. The van der Waals surface area contributed by atoms with E-state index in [0.29, 0.717) is 5.13 Å². The summed E-state index contributed by atoms with van der Waals surface area (Å²) in [5.74, 6) is 0. The Hall–Kier alpha value is -1.33. The lowest BCUT2D eigenvalue weighted by atomic mass is 10.1. The topological polar surface area (TPSA) is 54.7 Å². The van der Waals surface area contributed by atoms with E-state index < -0.39 is 0 Å². The van der Waals surface area contributed by atoms with E-state index in [2.05, 4.69) is 25.9 Å². The highest BCUT2D eigenvalue weighted by Gasteiger charge is 2.11. The molecular weight excluding hydrogens is 286 g/mol. The second kappa shape index (κ2) is 3.61. The van der Waals surface area contributed by atoms with Crippen LogP contribution in [0.2, 0.25) is 0 Å². The number of thiazole rings is 1. The number of aromatic nitrogens is 2. The first-order chi connectivity index (χ1) is 7.75. The maximum absolute atomic E-state index is 5.65.